The topological polar surface area (TPSA) is 79.5 Å². The molecule has 2 heterocycles. The molecular weight excluding hydrogens is 315 g/mol. The Morgan fingerprint density at radius 3 is 2.67 bits per heavy atom. The first-order chi connectivity index (χ1) is 11.7. The van der Waals surface area contributed by atoms with Gasteiger partial charge in [-0.25, -0.2) is 4.39 Å². The molecule has 0 radical (unpaired) electrons. The Kier molecular flexibility index (Phi) is 4.83. The van der Waals surface area contributed by atoms with E-state index in [4.69, 9.17) is 4.42 Å². The summed E-state index contributed by atoms with van der Waals surface area (Å²) in [6.07, 6.45) is 1.33. The van der Waals surface area contributed by atoms with Gasteiger partial charge in [-0.3, -0.25) is 9.59 Å². The second kappa shape index (κ2) is 7.20. The Morgan fingerprint density at radius 1 is 1.21 bits per heavy atom. The van der Waals surface area contributed by atoms with Gasteiger partial charge in [-0.2, -0.15) is 0 Å². The zero-order valence-electron chi connectivity index (χ0n) is 13.0. The van der Waals surface area contributed by atoms with Crippen LogP contribution in [-0.2, 0) is 16.0 Å². The Bertz CT molecular complexity index is 726. The third-order valence-corrected chi connectivity index (χ3v) is 3.94. The van der Waals surface area contributed by atoms with Crippen LogP contribution in [0.15, 0.2) is 28.7 Å². The summed E-state index contributed by atoms with van der Waals surface area (Å²) in [7, 11) is 0. The van der Waals surface area contributed by atoms with Crippen molar-refractivity contribution in [3.05, 3.63) is 36.0 Å². The van der Waals surface area contributed by atoms with Crippen LogP contribution in [0, 0.1) is 5.82 Å². The SMILES string of the molecule is O=CN1CCN(C(=O)CCc2nnc(-c3ccccc3F)o2)CC1. The molecule has 3 rings (SSSR count). The van der Waals surface area contributed by atoms with E-state index in [0.29, 0.717) is 38.5 Å². The largest absolute Gasteiger partial charge is 0.421 e. The molecule has 0 atom stereocenters. The van der Waals surface area contributed by atoms with Gasteiger partial charge in [-0.15, -0.1) is 10.2 Å². The third kappa shape index (κ3) is 3.58. The van der Waals surface area contributed by atoms with E-state index in [9.17, 15) is 14.0 Å². The number of aromatic nitrogens is 2. The lowest BCUT2D eigenvalue weighted by molar-refractivity contribution is -0.135. The van der Waals surface area contributed by atoms with Gasteiger partial charge in [0.1, 0.15) is 5.82 Å². The number of aryl methyl sites for hydroxylation is 1. The Labute approximate surface area is 138 Å². The summed E-state index contributed by atoms with van der Waals surface area (Å²) in [5.41, 5.74) is 0.243. The number of carbonyl (C=O) groups is 2. The standard InChI is InChI=1S/C16H17FN4O3/c17-13-4-2-1-3-12(13)16-19-18-14(24-16)5-6-15(23)21-9-7-20(11-22)8-10-21/h1-4,11H,5-10H2. The minimum Gasteiger partial charge on any atom is -0.421 e. The lowest BCUT2D eigenvalue weighted by atomic mass is 10.2. The van der Waals surface area contributed by atoms with Crippen LogP contribution in [0.3, 0.4) is 0 Å². The monoisotopic (exact) mass is 332 g/mol. The van der Waals surface area contributed by atoms with Crippen molar-refractivity contribution in [3.63, 3.8) is 0 Å². The average molecular weight is 332 g/mol. The molecular formula is C16H17FN4O3. The van der Waals surface area contributed by atoms with Gasteiger partial charge in [0.2, 0.25) is 18.2 Å². The normalized spacial score (nSPS) is 14.7. The van der Waals surface area contributed by atoms with E-state index in [0.717, 1.165) is 6.41 Å². The number of hydrogen-bond donors (Lipinski definition) is 0. The molecule has 0 aliphatic carbocycles. The summed E-state index contributed by atoms with van der Waals surface area (Å²) < 4.78 is 19.1. The molecule has 0 N–H and O–H groups in total. The fourth-order valence-corrected chi connectivity index (χ4v) is 2.55. The van der Waals surface area contributed by atoms with Crippen molar-refractivity contribution < 1.29 is 18.4 Å². The van der Waals surface area contributed by atoms with Crippen molar-refractivity contribution in [2.45, 2.75) is 12.8 Å². The van der Waals surface area contributed by atoms with Crippen LogP contribution in [0.5, 0.6) is 0 Å². The Balaban J connectivity index is 1.55. The molecule has 7 nitrogen and oxygen atoms in total. The van der Waals surface area contributed by atoms with Crippen LogP contribution in [0.2, 0.25) is 0 Å². The molecule has 1 fully saturated rings. The smallest absolute Gasteiger partial charge is 0.250 e. The van der Waals surface area contributed by atoms with E-state index < -0.39 is 5.82 Å². The van der Waals surface area contributed by atoms with Crippen LogP contribution in [0.4, 0.5) is 4.39 Å². The number of piperazine rings is 1. The first kappa shape index (κ1) is 16.1. The second-order valence-corrected chi connectivity index (χ2v) is 5.50. The first-order valence-corrected chi connectivity index (χ1v) is 7.72. The predicted molar refractivity (Wildman–Crippen MR) is 82.2 cm³/mol. The molecule has 0 spiro atoms. The lowest BCUT2D eigenvalue weighted by Crippen LogP contribution is -2.48. The average Bonchev–Trinajstić information content (AvgIpc) is 3.09. The van der Waals surface area contributed by atoms with Crippen LogP contribution >= 0.6 is 0 Å². The van der Waals surface area contributed by atoms with Crippen LogP contribution < -0.4 is 0 Å². The summed E-state index contributed by atoms with van der Waals surface area (Å²) >= 11 is 0. The van der Waals surface area contributed by atoms with Crippen molar-refractivity contribution in [1.82, 2.24) is 20.0 Å². The number of hydrogen-bond acceptors (Lipinski definition) is 5. The number of carbonyl (C=O) groups excluding carboxylic acids is 2. The molecule has 0 saturated carbocycles. The molecule has 1 aliphatic heterocycles. The molecule has 2 aromatic rings. The lowest BCUT2D eigenvalue weighted by Gasteiger charge is -2.32. The zero-order chi connectivity index (χ0) is 16.9. The molecule has 1 aromatic carbocycles. The van der Waals surface area contributed by atoms with Gasteiger partial charge < -0.3 is 14.2 Å². The van der Waals surface area contributed by atoms with Gasteiger partial charge in [0.05, 0.1) is 5.56 Å². The third-order valence-electron chi connectivity index (χ3n) is 3.94. The fourth-order valence-electron chi connectivity index (χ4n) is 2.55. The minimum absolute atomic E-state index is 0.0220. The summed E-state index contributed by atoms with van der Waals surface area (Å²) in [6.45, 7) is 2.16. The van der Waals surface area contributed by atoms with Gasteiger partial charge >= 0.3 is 0 Å². The number of benzene rings is 1. The van der Waals surface area contributed by atoms with Gasteiger partial charge in [-0.05, 0) is 12.1 Å². The molecule has 8 heteroatoms. The van der Waals surface area contributed by atoms with Crippen LogP contribution in [0.25, 0.3) is 11.5 Å². The number of halogens is 1. The Hall–Kier alpha value is -2.77. The maximum atomic E-state index is 13.7. The van der Waals surface area contributed by atoms with E-state index in [1.54, 1.807) is 28.0 Å². The number of nitrogens with zero attached hydrogens (tertiary/aromatic N) is 4. The highest BCUT2D eigenvalue weighted by Gasteiger charge is 2.21. The molecule has 1 aromatic heterocycles. The highest BCUT2D eigenvalue weighted by atomic mass is 19.1. The molecule has 1 saturated heterocycles. The van der Waals surface area contributed by atoms with E-state index >= 15 is 0 Å². The Morgan fingerprint density at radius 2 is 1.96 bits per heavy atom. The van der Waals surface area contributed by atoms with Crippen molar-refractivity contribution in [3.8, 4) is 11.5 Å². The fraction of sp³-hybridized carbons (Fsp3) is 0.375. The molecule has 2 amide bonds. The van der Waals surface area contributed by atoms with E-state index in [1.807, 2.05) is 0 Å². The van der Waals surface area contributed by atoms with Crippen molar-refractivity contribution in [2.75, 3.05) is 26.2 Å². The van der Waals surface area contributed by atoms with Crippen molar-refractivity contribution in [1.29, 1.82) is 0 Å². The van der Waals surface area contributed by atoms with Gasteiger partial charge in [0.15, 0.2) is 0 Å². The summed E-state index contributed by atoms with van der Waals surface area (Å²) in [5.74, 6) is -0.0497. The van der Waals surface area contributed by atoms with Crippen molar-refractivity contribution in [2.24, 2.45) is 0 Å². The predicted octanol–water partition coefficient (Wildman–Crippen LogP) is 1.11. The first-order valence-electron chi connectivity index (χ1n) is 7.72. The summed E-state index contributed by atoms with van der Waals surface area (Å²) in [5, 5.41) is 7.70. The van der Waals surface area contributed by atoms with E-state index in [2.05, 4.69) is 10.2 Å². The van der Waals surface area contributed by atoms with Crippen LogP contribution in [-0.4, -0.2) is 58.5 Å². The zero-order valence-corrected chi connectivity index (χ0v) is 13.0. The molecule has 1 aliphatic rings. The van der Waals surface area contributed by atoms with Crippen molar-refractivity contribution >= 4 is 12.3 Å². The maximum absolute atomic E-state index is 13.7. The molecule has 0 bridgehead atoms. The number of amides is 2. The van der Waals surface area contributed by atoms with E-state index in [-0.39, 0.29) is 23.8 Å². The summed E-state index contributed by atoms with van der Waals surface area (Å²) in [6, 6.07) is 6.15. The van der Waals surface area contributed by atoms with Gasteiger partial charge in [0.25, 0.3) is 5.89 Å². The van der Waals surface area contributed by atoms with Gasteiger partial charge in [-0.1, -0.05) is 12.1 Å². The molecule has 126 valence electrons. The van der Waals surface area contributed by atoms with E-state index in [1.165, 1.54) is 6.07 Å². The quantitative estimate of drug-likeness (QED) is 0.766. The van der Waals surface area contributed by atoms with Crippen LogP contribution in [0.1, 0.15) is 12.3 Å². The summed E-state index contributed by atoms with van der Waals surface area (Å²) in [4.78, 5) is 26.2. The highest BCUT2D eigenvalue weighted by Crippen LogP contribution is 2.21. The second-order valence-electron chi connectivity index (χ2n) is 5.50. The molecule has 24 heavy (non-hydrogen) atoms. The van der Waals surface area contributed by atoms with Gasteiger partial charge in [0, 0.05) is 39.0 Å². The maximum Gasteiger partial charge on any atom is 0.250 e. The highest BCUT2D eigenvalue weighted by molar-refractivity contribution is 5.76. The minimum atomic E-state index is -0.433. The molecule has 0 unspecified atom stereocenters. The number of rotatable bonds is 5.